The van der Waals surface area contributed by atoms with Crippen LogP contribution < -0.4 is 5.32 Å². The van der Waals surface area contributed by atoms with Crippen molar-refractivity contribution in [3.8, 4) is 23.1 Å². The highest BCUT2D eigenvalue weighted by atomic mass is 32.1. The molecule has 2 saturated heterocycles. The van der Waals surface area contributed by atoms with E-state index < -0.39 is 12.1 Å². The molecule has 2 aliphatic heterocycles. The number of likely N-dealkylation sites (tertiary alicyclic amines) is 2. The Morgan fingerprint density at radius 1 is 0.823 bits per heavy atom. The normalized spacial score (nSPS) is 18.4. The lowest BCUT2D eigenvalue weighted by atomic mass is 9.92. The van der Waals surface area contributed by atoms with Gasteiger partial charge in [0.25, 0.3) is 0 Å². The number of methoxy groups -OCH3 is 1. The van der Waals surface area contributed by atoms with Crippen LogP contribution in [0.25, 0.3) is 22.3 Å². The summed E-state index contributed by atoms with van der Waals surface area (Å²) in [5.41, 5.74) is 6.58. The van der Waals surface area contributed by atoms with Gasteiger partial charge in [-0.3, -0.25) is 9.59 Å². The second-order valence-electron chi connectivity index (χ2n) is 16.6. The molecule has 8 rings (SSSR count). The molecule has 1 saturated carbocycles. The van der Waals surface area contributed by atoms with Crippen LogP contribution in [0.3, 0.4) is 0 Å². The van der Waals surface area contributed by atoms with E-state index in [1.165, 1.54) is 20.0 Å². The molecule has 16 heteroatoms. The third-order valence-electron chi connectivity index (χ3n) is 12.5. The standard InChI is InChI=1S/C46H51N7O4.5H2S/c1-28(2)29(3)43(54)53-27-46(21-22-46)25-39(53)42-48-35-20-17-32(24-36(35)49-42)14-13-31-15-18-34(19-16-31)37-26-47-41(50-37)38-12-9-23-52(38)44(55)40(51-45(56)57-5)30(4)33-10-7-6-8-11-33;;;;;/h6-8,10-11,15-20,24,26,28-30,38-40H,9,12,21-23,25,27H2,1-5H3,(H,47,50)(H,48,49)(H,51,56);5*1H2/t29-,30-,38-,39-,40-;;;;;/m0...../s1. The Labute approximate surface area is 400 Å². The van der Waals surface area contributed by atoms with E-state index in [1.807, 2.05) is 91.5 Å². The summed E-state index contributed by atoms with van der Waals surface area (Å²) in [4.78, 5) is 60.5. The van der Waals surface area contributed by atoms with E-state index in [4.69, 9.17) is 14.7 Å². The molecule has 2 aromatic heterocycles. The highest BCUT2D eigenvalue weighted by Gasteiger charge is 2.54. The highest BCUT2D eigenvalue weighted by molar-refractivity contribution is 7.60. The molecule has 3 fully saturated rings. The van der Waals surface area contributed by atoms with E-state index in [0.29, 0.717) is 18.3 Å². The quantitative estimate of drug-likeness (QED) is 0.127. The number of nitrogens with one attached hydrogen (secondary N) is 3. The van der Waals surface area contributed by atoms with Crippen LogP contribution in [0.1, 0.15) is 106 Å². The zero-order valence-corrected chi connectivity index (χ0v) is 40.8. The minimum absolute atomic E-state index is 0. The van der Waals surface area contributed by atoms with Gasteiger partial charge in [-0.25, -0.2) is 14.8 Å². The number of carbonyl (C=O) groups excluding carboxylic acids is 3. The summed E-state index contributed by atoms with van der Waals surface area (Å²) in [6, 6.07) is 22.7. The molecular weight excluding hydrogens is 875 g/mol. The van der Waals surface area contributed by atoms with Gasteiger partial charge in [0.05, 0.1) is 42.1 Å². The number of H-pyrrole nitrogens is 2. The maximum absolute atomic E-state index is 14.1. The van der Waals surface area contributed by atoms with Crippen LogP contribution in [-0.4, -0.2) is 73.9 Å². The van der Waals surface area contributed by atoms with E-state index in [-0.39, 0.29) is 109 Å². The number of aromatic amines is 2. The molecule has 0 unspecified atom stereocenters. The molecule has 5 atom stereocenters. The van der Waals surface area contributed by atoms with Crippen molar-refractivity contribution in [1.82, 2.24) is 35.1 Å². The van der Waals surface area contributed by atoms with Gasteiger partial charge in [-0.2, -0.15) is 67.5 Å². The number of aromatic nitrogens is 4. The Morgan fingerprint density at radius 2 is 1.50 bits per heavy atom. The number of ether oxygens (including phenoxy) is 1. The third kappa shape index (κ3) is 11.0. The molecule has 4 heterocycles. The fourth-order valence-corrected chi connectivity index (χ4v) is 8.44. The number of alkyl carbamates (subject to hydrolysis) is 1. The first-order valence-corrected chi connectivity index (χ1v) is 20.2. The minimum Gasteiger partial charge on any atom is -0.453 e. The van der Waals surface area contributed by atoms with E-state index >= 15 is 0 Å². The van der Waals surface area contributed by atoms with Crippen LogP contribution >= 0.6 is 67.5 Å². The first-order chi connectivity index (χ1) is 27.5. The second kappa shape index (κ2) is 22.0. The molecule has 0 radical (unpaired) electrons. The zero-order valence-electron chi connectivity index (χ0n) is 35.8. The fraction of sp³-hybridized carbons (Fsp3) is 0.413. The summed E-state index contributed by atoms with van der Waals surface area (Å²) in [5, 5.41) is 2.79. The number of imidazole rings is 2. The molecule has 334 valence electrons. The van der Waals surface area contributed by atoms with Crippen LogP contribution in [0, 0.1) is 29.1 Å². The summed E-state index contributed by atoms with van der Waals surface area (Å²) < 4.78 is 4.89. The number of nitrogens with zero attached hydrogens (tertiary/aromatic N) is 4. The molecule has 11 nitrogen and oxygen atoms in total. The topological polar surface area (TPSA) is 136 Å². The number of amides is 3. The summed E-state index contributed by atoms with van der Waals surface area (Å²) in [7, 11) is 1.30. The predicted octanol–water partition coefficient (Wildman–Crippen LogP) is 8.45. The summed E-state index contributed by atoms with van der Waals surface area (Å²) in [5.74, 6) is 8.26. The molecule has 5 aromatic rings. The van der Waals surface area contributed by atoms with Gasteiger partial charge in [0.15, 0.2) is 0 Å². The highest BCUT2D eigenvalue weighted by Crippen LogP contribution is 2.58. The largest absolute Gasteiger partial charge is 0.453 e. The minimum atomic E-state index is -0.796. The van der Waals surface area contributed by atoms with Crippen molar-refractivity contribution < 1.29 is 19.1 Å². The second-order valence-corrected chi connectivity index (χ2v) is 16.6. The van der Waals surface area contributed by atoms with Gasteiger partial charge in [0, 0.05) is 36.1 Å². The molecular formula is C46H61N7O4S5. The Kier molecular flexibility index (Phi) is 18.5. The van der Waals surface area contributed by atoms with Crippen molar-refractivity contribution in [1.29, 1.82) is 0 Å². The SMILES string of the molecule is COC(=O)N[C@H](C(=O)N1CCC[C@H]1c1ncc(-c2ccc(C#Cc3ccc4nc([C@@H]5CC6(CC6)CN5C(=O)[C@@H](C)C(C)C)[nH]c4c3)cc2)[nH]1)[C@@H](C)c1ccccc1.S.S.S.S.S. The molecule has 0 bridgehead atoms. The van der Waals surface area contributed by atoms with Gasteiger partial charge >= 0.3 is 6.09 Å². The maximum atomic E-state index is 14.1. The predicted molar refractivity (Wildman–Crippen MR) is 271 cm³/mol. The van der Waals surface area contributed by atoms with E-state index in [1.54, 1.807) is 6.20 Å². The maximum Gasteiger partial charge on any atom is 0.407 e. The van der Waals surface area contributed by atoms with Gasteiger partial charge in [0.1, 0.15) is 17.7 Å². The average molecular weight is 936 g/mol. The fourth-order valence-electron chi connectivity index (χ4n) is 8.44. The molecule has 3 amide bonds. The smallest absolute Gasteiger partial charge is 0.407 e. The van der Waals surface area contributed by atoms with Crippen molar-refractivity contribution in [2.75, 3.05) is 20.2 Å². The van der Waals surface area contributed by atoms with Crippen LogP contribution in [0.2, 0.25) is 0 Å². The Balaban J connectivity index is 0.00000205. The third-order valence-corrected chi connectivity index (χ3v) is 12.5. The van der Waals surface area contributed by atoms with Crippen molar-refractivity contribution in [3.63, 3.8) is 0 Å². The van der Waals surface area contributed by atoms with Crippen LogP contribution in [0.15, 0.2) is 79.0 Å². The van der Waals surface area contributed by atoms with Gasteiger partial charge in [-0.1, -0.05) is 82.0 Å². The van der Waals surface area contributed by atoms with Gasteiger partial charge in [-0.15, -0.1) is 0 Å². The van der Waals surface area contributed by atoms with Gasteiger partial charge < -0.3 is 29.8 Å². The first-order valence-electron chi connectivity index (χ1n) is 20.2. The number of benzene rings is 3. The van der Waals surface area contributed by atoms with Crippen LogP contribution in [-0.2, 0) is 14.3 Å². The molecule has 1 aliphatic carbocycles. The number of rotatable bonds is 9. The Bertz CT molecular complexity index is 2360. The van der Waals surface area contributed by atoms with Crippen molar-refractivity contribution in [2.24, 2.45) is 17.3 Å². The lowest BCUT2D eigenvalue weighted by Crippen LogP contribution is -2.51. The zero-order chi connectivity index (χ0) is 39.8. The van der Waals surface area contributed by atoms with Crippen LogP contribution in [0.4, 0.5) is 4.79 Å². The number of fused-ring (bicyclic) bond motifs is 1. The van der Waals surface area contributed by atoms with E-state index in [0.717, 1.165) is 70.6 Å². The van der Waals surface area contributed by atoms with Gasteiger partial charge in [0.2, 0.25) is 11.8 Å². The average Bonchev–Trinajstić information content (AvgIpc) is 3.72. The van der Waals surface area contributed by atoms with Gasteiger partial charge in [-0.05, 0) is 84.9 Å². The van der Waals surface area contributed by atoms with Crippen molar-refractivity contribution >= 4 is 96.4 Å². The van der Waals surface area contributed by atoms with E-state index in [2.05, 4.69) is 45.9 Å². The summed E-state index contributed by atoms with van der Waals surface area (Å²) in [6.45, 7) is 9.61. The summed E-state index contributed by atoms with van der Waals surface area (Å²) in [6.07, 6.45) is 6.09. The molecule has 62 heavy (non-hydrogen) atoms. The number of carbonyl (C=O) groups is 3. The lowest BCUT2D eigenvalue weighted by molar-refractivity contribution is -0.137. The molecule has 3 N–H and O–H groups in total. The molecule has 3 aliphatic rings. The van der Waals surface area contributed by atoms with E-state index in [9.17, 15) is 14.4 Å². The van der Waals surface area contributed by atoms with Crippen LogP contribution in [0.5, 0.6) is 0 Å². The monoisotopic (exact) mass is 935 g/mol. The Hall–Kier alpha value is -4.14. The number of hydrogen-bond acceptors (Lipinski definition) is 6. The van der Waals surface area contributed by atoms with Crippen molar-refractivity contribution in [2.45, 2.75) is 83.8 Å². The molecule has 1 spiro atoms. The summed E-state index contributed by atoms with van der Waals surface area (Å²) >= 11 is 0. The number of hydrogen-bond donors (Lipinski definition) is 3. The Morgan fingerprint density at radius 3 is 2.16 bits per heavy atom. The lowest BCUT2D eigenvalue weighted by Gasteiger charge is -2.31. The molecule has 3 aromatic carbocycles. The first kappa shape index (κ1) is 52.2. The van der Waals surface area contributed by atoms with Crippen molar-refractivity contribution in [3.05, 3.63) is 107 Å².